The minimum Gasteiger partial charge on any atom is -0.493 e. The smallest absolute Gasteiger partial charge is 0.295 e. The van der Waals surface area contributed by atoms with Crippen LogP contribution in [-0.4, -0.2) is 42.8 Å². The molecule has 8 nitrogen and oxygen atoms in total. The van der Waals surface area contributed by atoms with Crippen molar-refractivity contribution in [1.82, 2.24) is 9.29 Å². The van der Waals surface area contributed by atoms with Crippen LogP contribution in [0.4, 0.5) is 5.69 Å². The van der Waals surface area contributed by atoms with Crippen LogP contribution in [0.3, 0.4) is 0 Å². The van der Waals surface area contributed by atoms with Gasteiger partial charge in [-0.1, -0.05) is 24.3 Å². The summed E-state index contributed by atoms with van der Waals surface area (Å²) in [7, 11) is -0.851. The number of nitrogens with zero attached hydrogens (tertiary/aromatic N) is 3. The van der Waals surface area contributed by atoms with Gasteiger partial charge in [-0.05, 0) is 24.3 Å². The first-order valence-corrected chi connectivity index (χ1v) is 9.03. The Morgan fingerprint density at radius 2 is 1.85 bits per heavy atom. The monoisotopic (exact) mass is 372 g/mol. The van der Waals surface area contributed by atoms with Gasteiger partial charge in [0.2, 0.25) is 15.9 Å². The maximum atomic E-state index is 12.3. The summed E-state index contributed by atoms with van der Waals surface area (Å²) in [5, 5.41) is 18.0. The van der Waals surface area contributed by atoms with Crippen molar-refractivity contribution in [2.75, 3.05) is 14.1 Å². The van der Waals surface area contributed by atoms with Crippen molar-refractivity contribution in [2.45, 2.75) is 4.90 Å². The van der Waals surface area contributed by atoms with E-state index in [9.17, 15) is 18.3 Å². The second-order valence-corrected chi connectivity index (χ2v) is 7.84. The average molecular weight is 372 g/mol. The fourth-order valence-electron chi connectivity index (χ4n) is 2.37. The van der Waals surface area contributed by atoms with Gasteiger partial charge >= 0.3 is 0 Å². The summed E-state index contributed by atoms with van der Waals surface area (Å²) >= 11 is 0. The second-order valence-electron chi connectivity index (χ2n) is 5.69. The maximum Gasteiger partial charge on any atom is 0.295 e. The van der Waals surface area contributed by atoms with Crippen LogP contribution in [0.5, 0.6) is 5.88 Å². The summed E-state index contributed by atoms with van der Waals surface area (Å²) in [5.41, 5.74) is 0.882. The van der Waals surface area contributed by atoms with Crippen molar-refractivity contribution in [2.24, 2.45) is 10.2 Å². The normalized spacial score (nSPS) is 12.3. The molecule has 2 aromatic carbocycles. The highest BCUT2D eigenvalue weighted by molar-refractivity contribution is 7.89. The Morgan fingerprint density at radius 1 is 1.12 bits per heavy atom. The Kier molecular flexibility index (Phi) is 4.58. The molecule has 0 aliphatic rings. The molecule has 0 bridgehead atoms. The highest BCUT2D eigenvalue weighted by Gasteiger charge is 2.19. The van der Waals surface area contributed by atoms with Gasteiger partial charge in [0.25, 0.3) is 5.91 Å². The van der Waals surface area contributed by atoms with Crippen molar-refractivity contribution < 1.29 is 18.3 Å². The third-order valence-corrected chi connectivity index (χ3v) is 5.57. The molecule has 0 saturated carbocycles. The number of aromatic nitrogens is 1. The number of aromatic hydroxyl groups is 1. The lowest BCUT2D eigenvalue weighted by Crippen LogP contribution is -2.22. The molecular weight excluding hydrogens is 356 g/mol. The number of nitrogens with one attached hydrogen (secondary N) is 1. The molecule has 0 aliphatic heterocycles. The van der Waals surface area contributed by atoms with Gasteiger partial charge in [-0.3, -0.25) is 4.79 Å². The number of hydrogen-bond acceptors (Lipinski definition) is 5. The summed E-state index contributed by atoms with van der Waals surface area (Å²) in [4.78, 5) is 15.0. The fraction of sp³-hybridized carbons (Fsp3) is 0.118. The number of carbonyl (C=O) groups excluding carboxylic acids is 1. The van der Waals surface area contributed by atoms with E-state index in [-0.39, 0.29) is 22.0 Å². The van der Waals surface area contributed by atoms with Gasteiger partial charge in [-0.2, -0.15) is 0 Å². The molecule has 134 valence electrons. The van der Waals surface area contributed by atoms with Gasteiger partial charge in [-0.15, -0.1) is 10.2 Å². The molecule has 0 radical (unpaired) electrons. The van der Waals surface area contributed by atoms with Gasteiger partial charge in [0.05, 0.1) is 10.4 Å². The van der Waals surface area contributed by atoms with Crippen LogP contribution >= 0.6 is 0 Å². The molecule has 1 heterocycles. The third-order valence-electron chi connectivity index (χ3n) is 3.76. The van der Waals surface area contributed by atoms with Crippen molar-refractivity contribution >= 4 is 32.5 Å². The molecule has 3 rings (SSSR count). The first-order chi connectivity index (χ1) is 12.3. The summed E-state index contributed by atoms with van der Waals surface area (Å²) in [6, 6.07) is 12.6. The molecule has 0 aliphatic carbocycles. The fourth-order valence-corrected chi connectivity index (χ4v) is 3.32. The molecule has 0 spiro atoms. The molecule has 0 fully saturated rings. The van der Waals surface area contributed by atoms with E-state index < -0.39 is 15.9 Å². The van der Waals surface area contributed by atoms with E-state index in [1.807, 2.05) is 0 Å². The van der Waals surface area contributed by atoms with E-state index >= 15 is 0 Å². The van der Waals surface area contributed by atoms with Gasteiger partial charge in [0.15, 0.2) is 5.69 Å². The predicted octanol–water partition coefficient (Wildman–Crippen LogP) is 3.05. The number of fused-ring (bicyclic) bond motifs is 1. The zero-order chi connectivity index (χ0) is 18.9. The number of para-hydroxylation sites is 1. The Morgan fingerprint density at radius 3 is 2.58 bits per heavy atom. The summed E-state index contributed by atoms with van der Waals surface area (Å²) < 4.78 is 25.4. The Balaban J connectivity index is 1.93. The quantitative estimate of drug-likeness (QED) is 0.685. The van der Waals surface area contributed by atoms with E-state index in [1.165, 1.54) is 38.4 Å². The molecule has 1 amide bonds. The van der Waals surface area contributed by atoms with E-state index in [2.05, 4.69) is 15.2 Å². The Hall–Kier alpha value is -3.04. The third kappa shape index (κ3) is 3.22. The number of azo groups is 1. The number of rotatable bonds is 4. The van der Waals surface area contributed by atoms with E-state index in [4.69, 9.17) is 0 Å². The van der Waals surface area contributed by atoms with Crippen LogP contribution in [0.15, 0.2) is 63.7 Å². The number of hydrogen-bond donors (Lipinski definition) is 2. The van der Waals surface area contributed by atoms with Crippen LogP contribution in [-0.2, 0) is 10.0 Å². The molecular formula is C17H16N4O4S. The number of benzene rings is 2. The molecule has 0 atom stereocenters. The topological polar surface area (TPSA) is 115 Å². The standard InChI is InChI=1S/C17H16N4O4S/c1-21(2)26(24,25)12-7-5-6-11(10-12)16(22)20-19-15-13-8-3-4-9-14(13)18-17(15)23/h3-10,18,23H,1-2H3. The van der Waals surface area contributed by atoms with Gasteiger partial charge in [0.1, 0.15) is 0 Å². The van der Waals surface area contributed by atoms with E-state index in [0.717, 1.165) is 4.31 Å². The lowest BCUT2D eigenvalue weighted by molar-refractivity contribution is 0.0995. The average Bonchev–Trinajstić information content (AvgIpc) is 2.94. The summed E-state index contributed by atoms with van der Waals surface area (Å²) in [5.74, 6) is -0.919. The van der Waals surface area contributed by atoms with Crippen LogP contribution in [0.25, 0.3) is 10.9 Å². The zero-order valence-corrected chi connectivity index (χ0v) is 14.9. The first kappa shape index (κ1) is 17.8. The van der Waals surface area contributed by atoms with Crippen molar-refractivity contribution in [1.29, 1.82) is 0 Å². The van der Waals surface area contributed by atoms with Crippen LogP contribution in [0.2, 0.25) is 0 Å². The zero-order valence-electron chi connectivity index (χ0n) is 14.0. The Bertz CT molecular complexity index is 1120. The summed E-state index contributed by atoms with van der Waals surface area (Å²) in [6.45, 7) is 0. The molecule has 3 aromatic rings. The largest absolute Gasteiger partial charge is 0.493 e. The minimum atomic E-state index is -3.66. The predicted molar refractivity (Wildman–Crippen MR) is 96.1 cm³/mol. The first-order valence-electron chi connectivity index (χ1n) is 7.59. The minimum absolute atomic E-state index is 0.0153. The number of sulfonamides is 1. The molecule has 1 aromatic heterocycles. The van der Waals surface area contributed by atoms with Crippen LogP contribution in [0.1, 0.15) is 10.4 Å². The number of aromatic amines is 1. The van der Waals surface area contributed by atoms with Crippen molar-refractivity contribution in [3.8, 4) is 5.88 Å². The van der Waals surface area contributed by atoms with Gasteiger partial charge < -0.3 is 10.1 Å². The van der Waals surface area contributed by atoms with Gasteiger partial charge in [-0.25, -0.2) is 12.7 Å². The molecule has 2 N–H and O–H groups in total. The lowest BCUT2D eigenvalue weighted by Gasteiger charge is -2.11. The molecule has 0 unspecified atom stereocenters. The summed E-state index contributed by atoms with van der Waals surface area (Å²) in [6.07, 6.45) is 0. The van der Waals surface area contributed by atoms with Crippen LogP contribution < -0.4 is 0 Å². The highest BCUT2D eigenvalue weighted by atomic mass is 32.2. The second kappa shape index (κ2) is 6.70. The van der Waals surface area contributed by atoms with E-state index in [0.29, 0.717) is 10.9 Å². The van der Waals surface area contributed by atoms with Crippen LogP contribution in [0, 0.1) is 0 Å². The number of carbonyl (C=O) groups is 1. The lowest BCUT2D eigenvalue weighted by atomic mass is 10.2. The number of H-pyrrole nitrogens is 1. The molecule has 26 heavy (non-hydrogen) atoms. The number of amides is 1. The van der Waals surface area contributed by atoms with Crippen molar-refractivity contribution in [3.05, 3.63) is 54.1 Å². The van der Waals surface area contributed by atoms with E-state index in [1.54, 1.807) is 24.3 Å². The molecule has 0 saturated heterocycles. The SMILES string of the molecule is CN(C)S(=O)(=O)c1cccc(C(=O)N=Nc2c(O)[nH]c3ccccc23)c1. The highest BCUT2D eigenvalue weighted by Crippen LogP contribution is 2.35. The van der Waals surface area contributed by atoms with Gasteiger partial charge in [0, 0.05) is 25.0 Å². The maximum absolute atomic E-state index is 12.3. The van der Waals surface area contributed by atoms with Crippen molar-refractivity contribution in [3.63, 3.8) is 0 Å². The Labute approximate surface area is 149 Å². The molecule has 9 heteroatoms.